The lowest BCUT2D eigenvalue weighted by atomic mass is 9.40. The third-order valence-corrected chi connectivity index (χ3v) is 13.2. The second-order valence-electron chi connectivity index (χ2n) is 16.3. The van der Waals surface area contributed by atoms with E-state index in [1.165, 1.54) is 38.9 Å². The van der Waals surface area contributed by atoms with Gasteiger partial charge in [0.05, 0.1) is 17.3 Å². The van der Waals surface area contributed by atoms with Crippen LogP contribution in [0.1, 0.15) is 103 Å². The Labute approximate surface area is 256 Å². The molecule has 2 saturated carbocycles. The summed E-state index contributed by atoms with van der Waals surface area (Å²) in [5.74, 6) is 0.331. The van der Waals surface area contributed by atoms with E-state index < -0.39 is 17.5 Å². The predicted molar refractivity (Wildman–Crippen MR) is 172 cm³/mol. The highest BCUT2D eigenvalue weighted by molar-refractivity contribution is 5.92. The van der Waals surface area contributed by atoms with Crippen molar-refractivity contribution in [1.29, 1.82) is 0 Å². The van der Waals surface area contributed by atoms with E-state index in [0.717, 1.165) is 38.5 Å². The molecule has 2 fully saturated rings. The molecule has 1 aromatic carbocycles. The molecule has 0 bridgehead atoms. The molecule has 0 amide bonds. The number of allylic oxidation sites excluding steroid dienone is 2. The molecule has 0 radical (unpaired) electrons. The van der Waals surface area contributed by atoms with Crippen molar-refractivity contribution in [2.75, 3.05) is 0 Å². The van der Waals surface area contributed by atoms with Crippen LogP contribution in [0.4, 0.5) is 0 Å². The molecule has 2 aromatic rings. The van der Waals surface area contributed by atoms with Crippen molar-refractivity contribution in [3.8, 4) is 0 Å². The normalized spacial score (nSPS) is 39.2. The van der Waals surface area contributed by atoms with Gasteiger partial charge >= 0.3 is 5.97 Å². The van der Waals surface area contributed by atoms with Gasteiger partial charge in [-0.2, -0.15) is 0 Å². The molecule has 3 N–H and O–H groups in total. The van der Waals surface area contributed by atoms with E-state index in [9.17, 15) is 15.0 Å². The largest absolute Gasteiger partial charge is 0.478 e. The van der Waals surface area contributed by atoms with Crippen LogP contribution in [0, 0.1) is 28.6 Å². The van der Waals surface area contributed by atoms with E-state index in [2.05, 4.69) is 77.7 Å². The average Bonchev–Trinajstić information content (AvgIpc) is 3.54. The molecule has 5 heteroatoms. The van der Waals surface area contributed by atoms with Crippen LogP contribution < -0.4 is 0 Å². The molecule has 43 heavy (non-hydrogen) atoms. The fourth-order valence-electron chi connectivity index (χ4n) is 10.9. The second kappa shape index (κ2) is 8.97. The topological polar surface area (TPSA) is 82.5 Å². The number of aliphatic carboxylic acids is 1. The highest BCUT2D eigenvalue weighted by Crippen LogP contribution is 2.70. The van der Waals surface area contributed by atoms with Crippen LogP contribution in [0.15, 0.2) is 42.0 Å². The van der Waals surface area contributed by atoms with Crippen LogP contribution in [0.2, 0.25) is 0 Å². The number of hydrogen-bond acceptors (Lipinski definition) is 3. The first-order valence-electron chi connectivity index (χ1n) is 16.4. The Balaban J connectivity index is 1.31. The van der Waals surface area contributed by atoms with Gasteiger partial charge in [0.2, 0.25) is 0 Å². The van der Waals surface area contributed by atoms with Crippen LogP contribution in [0.3, 0.4) is 0 Å². The number of rotatable bonds is 3. The number of carboxylic acid groups (broad SMARTS) is 1. The molecule has 5 nitrogen and oxygen atoms in total. The number of aliphatic hydroxyl groups excluding tert-OH is 1. The standard InChI is InChI=1S/C38H49NO4/c1-21(33(41)42)10-9-14-36(6)30-12-11-23-18-26-25-19-24-22(16-28-27(24)20-34(2,3)43-35(28,4)5)17-29(25)39-32(26)38(23,8)37(30,7)15-13-31(36)40/h9-10,14,17,19-20,23,28,30-31,39-40H,11-13,15-16,18H2,1-8H3,(H,41,42)/b14-9+,21-10+/t23-,28-,30-,31-,36-,37-,38+/m0/s1. The van der Waals surface area contributed by atoms with Crippen LogP contribution in [-0.4, -0.2) is 38.5 Å². The predicted octanol–water partition coefficient (Wildman–Crippen LogP) is 7.91. The molecule has 0 saturated heterocycles. The smallest absolute Gasteiger partial charge is 0.331 e. The number of ether oxygens (including phenoxy) is 1. The summed E-state index contributed by atoms with van der Waals surface area (Å²) < 4.78 is 6.53. The van der Waals surface area contributed by atoms with E-state index in [1.807, 2.05) is 6.08 Å². The molecule has 1 aromatic heterocycles. The highest BCUT2D eigenvalue weighted by Gasteiger charge is 2.66. The fourth-order valence-corrected chi connectivity index (χ4v) is 10.9. The SMILES string of the molecule is C/C(=C\C=C\[C@]1(C)[C@@H](O)CC[C@@]2(C)[C@H]1CC[C@H]1Cc3c([nH]c4cc5c(cc34)C3=CC(C)(C)OC(C)(C)[C@H]3C5)[C@@]12C)C(=O)O. The molecule has 230 valence electrons. The van der Waals surface area contributed by atoms with Crippen molar-refractivity contribution in [3.05, 3.63) is 64.4 Å². The number of benzene rings is 1. The van der Waals surface area contributed by atoms with E-state index in [0.29, 0.717) is 23.3 Å². The van der Waals surface area contributed by atoms with Gasteiger partial charge in [-0.3, -0.25) is 0 Å². The van der Waals surface area contributed by atoms with E-state index in [1.54, 1.807) is 13.0 Å². The molecule has 2 heterocycles. The molecule has 0 unspecified atom stereocenters. The zero-order chi connectivity index (χ0) is 30.9. The first-order valence-corrected chi connectivity index (χ1v) is 16.4. The van der Waals surface area contributed by atoms with Crippen LogP contribution >= 0.6 is 0 Å². The number of hydrogen-bond donors (Lipinski definition) is 3. The Kier molecular flexibility index (Phi) is 6.07. The zero-order valence-corrected chi connectivity index (χ0v) is 27.2. The lowest BCUT2D eigenvalue weighted by molar-refractivity contribution is -0.144. The number of aromatic nitrogens is 1. The molecule has 5 aliphatic rings. The van der Waals surface area contributed by atoms with E-state index in [-0.39, 0.29) is 22.0 Å². The highest BCUT2D eigenvalue weighted by atomic mass is 16.5. The van der Waals surface area contributed by atoms with Gasteiger partial charge in [-0.25, -0.2) is 4.79 Å². The molecule has 0 spiro atoms. The monoisotopic (exact) mass is 583 g/mol. The number of H-pyrrole nitrogens is 1. The van der Waals surface area contributed by atoms with Gasteiger partial charge in [-0.15, -0.1) is 0 Å². The van der Waals surface area contributed by atoms with Gasteiger partial charge in [-0.05, 0) is 131 Å². The maximum absolute atomic E-state index is 11.4. The average molecular weight is 584 g/mol. The summed E-state index contributed by atoms with van der Waals surface area (Å²) in [5.41, 5.74) is 7.86. The summed E-state index contributed by atoms with van der Waals surface area (Å²) >= 11 is 0. The minimum absolute atomic E-state index is 0.00295. The number of aromatic amines is 1. The maximum atomic E-state index is 11.4. The number of fused-ring (bicyclic) bond motifs is 10. The maximum Gasteiger partial charge on any atom is 0.331 e. The Morgan fingerprint density at radius 1 is 1.05 bits per heavy atom. The molecule has 7 atom stereocenters. The van der Waals surface area contributed by atoms with E-state index >= 15 is 0 Å². The van der Waals surface area contributed by atoms with Crippen molar-refractivity contribution in [3.63, 3.8) is 0 Å². The fraction of sp³-hybridized carbons (Fsp3) is 0.605. The lowest BCUT2D eigenvalue weighted by Gasteiger charge is -2.64. The van der Waals surface area contributed by atoms with Crippen molar-refractivity contribution < 1.29 is 19.7 Å². The summed E-state index contributed by atoms with van der Waals surface area (Å²) in [5, 5.41) is 22.2. The van der Waals surface area contributed by atoms with Gasteiger partial charge < -0.3 is 19.9 Å². The lowest BCUT2D eigenvalue weighted by Crippen LogP contribution is -2.61. The summed E-state index contributed by atoms with van der Waals surface area (Å²) in [6.45, 7) is 17.7. The van der Waals surface area contributed by atoms with Gasteiger partial charge in [0.25, 0.3) is 0 Å². The number of nitrogens with one attached hydrogen (secondary N) is 1. The molecular formula is C38H49NO4. The second-order valence-corrected chi connectivity index (χ2v) is 16.3. The third-order valence-electron chi connectivity index (χ3n) is 13.2. The first kappa shape index (κ1) is 29.1. The van der Waals surface area contributed by atoms with Crippen molar-refractivity contribution >= 4 is 22.4 Å². The summed E-state index contributed by atoms with van der Waals surface area (Å²) in [6, 6.07) is 4.93. The molecule has 1 aliphatic heterocycles. The quantitative estimate of drug-likeness (QED) is 0.253. The number of aliphatic hydroxyl groups is 1. The van der Waals surface area contributed by atoms with Gasteiger partial charge in [0, 0.05) is 38.9 Å². The number of carboxylic acids is 1. The molecule has 7 rings (SSSR count). The van der Waals surface area contributed by atoms with Crippen LogP contribution in [-0.2, 0) is 27.8 Å². The third kappa shape index (κ3) is 3.86. The van der Waals surface area contributed by atoms with Gasteiger partial charge in [0.1, 0.15) is 0 Å². The van der Waals surface area contributed by atoms with Crippen molar-refractivity contribution in [2.24, 2.45) is 28.6 Å². The minimum Gasteiger partial charge on any atom is -0.478 e. The van der Waals surface area contributed by atoms with Crippen molar-refractivity contribution in [2.45, 2.75) is 117 Å². The van der Waals surface area contributed by atoms with E-state index in [4.69, 9.17) is 4.74 Å². The number of carbonyl (C=O) groups is 1. The summed E-state index contributed by atoms with van der Waals surface area (Å²) in [4.78, 5) is 15.4. The summed E-state index contributed by atoms with van der Waals surface area (Å²) in [6.07, 6.45) is 13.7. The Morgan fingerprint density at radius 2 is 1.79 bits per heavy atom. The van der Waals surface area contributed by atoms with Crippen molar-refractivity contribution in [1.82, 2.24) is 4.98 Å². The summed E-state index contributed by atoms with van der Waals surface area (Å²) in [7, 11) is 0. The van der Waals surface area contributed by atoms with Gasteiger partial charge in [0.15, 0.2) is 0 Å². The first-order chi connectivity index (χ1) is 20.0. The zero-order valence-electron chi connectivity index (χ0n) is 27.2. The van der Waals surface area contributed by atoms with Crippen LogP contribution in [0.5, 0.6) is 0 Å². The Bertz CT molecular complexity index is 1640. The Hall–Kier alpha value is -2.63. The molecular weight excluding hydrogens is 534 g/mol. The minimum atomic E-state index is -0.906. The van der Waals surface area contributed by atoms with Gasteiger partial charge in [-0.1, -0.05) is 39.0 Å². The van der Waals surface area contributed by atoms with Crippen LogP contribution in [0.25, 0.3) is 16.5 Å². The Morgan fingerprint density at radius 3 is 2.51 bits per heavy atom. The molecule has 4 aliphatic carbocycles.